The molecule has 0 atom stereocenters. The van der Waals surface area contributed by atoms with Gasteiger partial charge in [-0.15, -0.1) is 0 Å². The number of hydrogen-bond donors (Lipinski definition) is 0. The van der Waals surface area contributed by atoms with Crippen LogP contribution >= 0.6 is 11.6 Å². The highest BCUT2D eigenvalue weighted by atomic mass is 35.5. The van der Waals surface area contributed by atoms with E-state index in [1.807, 2.05) is 54.6 Å². The summed E-state index contributed by atoms with van der Waals surface area (Å²) < 4.78 is 27.2. The van der Waals surface area contributed by atoms with Crippen molar-refractivity contribution in [3.8, 4) is 0 Å². The Hall–Kier alpha value is -1.94. The van der Waals surface area contributed by atoms with E-state index < -0.39 is 0 Å². The average molecular weight is 455 g/mol. The second kappa shape index (κ2) is 11.3. The minimum atomic E-state index is -0.362. The number of ether oxygens (including phenoxy) is 2. The molecular formula is C28H32ClFO2. The topological polar surface area (TPSA) is 18.5 Å². The molecule has 0 N–H and O–H groups in total. The predicted molar refractivity (Wildman–Crippen MR) is 130 cm³/mol. The lowest BCUT2D eigenvalue weighted by atomic mass is 9.98. The fourth-order valence-electron chi connectivity index (χ4n) is 4.39. The summed E-state index contributed by atoms with van der Waals surface area (Å²) in [5, 5.41) is 2.24. The van der Waals surface area contributed by atoms with Gasteiger partial charge in [-0.05, 0) is 54.0 Å². The number of hydrogen-bond acceptors (Lipinski definition) is 2. The van der Waals surface area contributed by atoms with Gasteiger partial charge in [-0.3, -0.25) is 0 Å². The summed E-state index contributed by atoms with van der Waals surface area (Å²) in [5.74, 6) is 0.338. The highest BCUT2D eigenvalue weighted by Gasteiger charge is 2.23. The summed E-state index contributed by atoms with van der Waals surface area (Å²) in [7, 11) is 0. The van der Waals surface area contributed by atoms with Crippen molar-refractivity contribution in [3.05, 3.63) is 82.1 Å². The van der Waals surface area contributed by atoms with E-state index in [1.54, 1.807) is 0 Å². The number of benzene rings is 3. The van der Waals surface area contributed by atoms with E-state index >= 15 is 4.39 Å². The van der Waals surface area contributed by atoms with Crippen molar-refractivity contribution in [2.75, 3.05) is 13.2 Å². The Morgan fingerprint density at radius 1 is 0.906 bits per heavy atom. The maximum atomic E-state index is 15.2. The van der Waals surface area contributed by atoms with E-state index in [0.717, 1.165) is 53.2 Å². The third-order valence-electron chi connectivity index (χ3n) is 6.36. The van der Waals surface area contributed by atoms with Crippen LogP contribution in [0.2, 0.25) is 5.02 Å². The largest absolute Gasteiger partial charge is 0.348 e. The van der Waals surface area contributed by atoms with Crippen LogP contribution in [0.5, 0.6) is 0 Å². The maximum Gasteiger partial charge on any atom is 0.183 e. The molecule has 0 saturated carbocycles. The molecule has 1 aliphatic heterocycles. The first kappa shape index (κ1) is 23.2. The second-order valence-electron chi connectivity index (χ2n) is 8.86. The zero-order valence-electron chi connectivity index (χ0n) is 18.8. The minimum Gasteiger partial charge on any atom is -0.348 e. The molecule has 1 aliphatic rings. The fraction of sp³-hybridized carbons (Fsp3) is 0.429. The molecular weight excluding hydrogens is 423 g/mol. The molecule has 1 fully saturated rings. The van der Waals surface area contributed by atoms with E-state index in [2.05, 4.69) is 6.92 Å². The molecule has 1 saturated heterocycles. The molecule has 0 aliphatic carbocycles. The maximum absolute atomic E-state index is 15.2. The van der Waals surface area contributed by atoms with Gasteiger partial charge in [0.15, 0.2) is 6.29 Å². The van der Waals surface area contributed by atoms with Crippen LogP contribution in [0, 0.1) is 11.7 Å². The van der Waals surface area contributed by atoms with Crippen LogP contribution in [0.15, 0.2) is 54.6 Å². The Morgan fingerprint density at radius 2 is 1.69 bits per heavy atom. The number of unbranched alkanes of at least 4 members (excludes halogenated alkanes) is 3. The SMILES string of the molecule is CCCCCCC1COC(c2ccc3c(F)c(CCc4ccc(Cl)cc4)ccc3c2)OC1. The molecule has 0 radical (unpaired) electrons. The minimum absolute atomic E-state index is 0.138. The van der Waals surface area contributed by atoms with Gasteiger partial charge in [-0.25, -0.2) is 4.39 Å². The standard InChI is InChI=1S/C28H32ClFO2/c1-2-3-4-5-6-21-18-31-28(32-19-21)24-13-16-26-23(17-24)12-11-22(27(26)30)10-7-20-8-14-25(29)15-9-20/h8-9,11-17,21,28H,2-7,10,18-19H2,1H3. The quantitative estimate of drug-likeness (QED) is 0.304. The summed E-state index contributed by atoms with van der Waals surface area (Å²) in [6.45, 7) is 3.69. The van der Waals surface area contributed by atoms with Crippen molar-refractivity contribution in [2.24, 2.45) is 5.92 Å². The summed E-state index contributed by atoms with van der Waals surface area (Å²) in [6, 6.07) is 17.4. The number of aryl methyl sites for hydroxylation is 2. The van der Waals surface area contributed by atoms with Gasteiger partial charge in [0.1, 0.15) is 5.82 Å². The summed E-state index contributed by atoms with van der Waals surface area (Å²) in [4.78, 5) is 0. The van der Waals surface area contributed by atoms with Crippen molar-refractivity contribution >= 4 is 22.4 Å². The monoisotopic (exact) mass is 454 g/mol. The molecule has 3 aromatic carbocycles. The second-order valence-corrected chi connectivity index (χ2v) is 9.30. The van der Waals surface area contributed by atoms with E-state index in [9.17, 15) is 0 Å². The van der Waals surface area contributed by atoms with Crippen LogP contribution in [-0.2, 0) is 22.3 Å². The zero-order valence-corrected chi connectivity index (χ0v) is 19.5. The van der Waals surface area contributed by atoms with Crippen molar-refractivity contribution < 1.29 is 13.9 Å². The normalized spacial score (nSPS) is 18.8. The molecule has 170 valence electrons. The van der Waals surface area contributed by atoms with Crippen LogP contribution in [0.3, 0.4) is 0 Å². The molecule has 0 amide bonds. The summed E-state index contributed by atoms with van der Waals surface area (Å²) in [6.07, 6.45) is 7.31. The summed E-state index contributed by atoms with van der Waals surface area (Å²) >= 11 is 5.95. The van der Waals surface area contributed by atoms with Gasteiger partial charge < -0.3 is 9.47 Å². The fourth-order valence-corrected chi connectivity index (χ4v) is 4.51. The van der Waals surface area contributed by atoms with Crippen LogP contribution in [0.4, 0.5) is 4.39 Å². The van der Waals surface area contributed by atoms with Crippen molar-refractivity contribution in [1.29, 1.82) is 0 Å². The van der Waals surface area contributed by atoms with E-state index in [0.29, 0.717) is 17.7 Å². The Balaban J connectivity index is 1.37. The highest BCUT2D eigenvalue weighted by Crippen LogP contribution is 2.31. The van der Waals surface area contributed by atoms with Crippen LogP contribution in [0.25, 0.3) is 10.8 Å². The lowest BCUT2D eigenvalue weighted by Crippen LogP contribution is -2.27. The third kappa shape index (κ3) is 5.89. The molecule has 3 aromatic rings. The van der Waals surface area contributed by atoms with Gasteiger partial charge in [0, 0.05) is 21.9 Å². The zero-order chi connectivity index (χ0) is 22.3. The van der Waals surface area contributed by atoms with Gasteiger partial charge in [0.2, 0.25) is 0 Å². The average Bonchev–Trinajstić information content (AvgIpc) is 2.83. The first-order chi connectivity index (χ1) is 15.6. The van der Waals surface area contributed by atoms with Gasteiger partial charge in [0.25, 0.3) is 0 Å². The Kier molecular flexibility index (Phi) is 8.18. The molecule has 0 aromatic heterocycles. The van der Waals surface area contributed by atoms with E-state index in [-0.39, 0.29) is 12.1 Å². The lowest BCUT2D eigenvalue weighted by Gasteiger charge is -2.30. The van der Waals surface area contributed by atoms with E-state index in [1.165, 1.54) is 25.7 Å². The predicted octanol–water partition coefficient (Wildman–Crippen LogP) is 8.05. The molecule has 0 unspecified atom stereocenters. The molecule has 4 rings (SSSR count). The Bertz CT molecular complexity index is 1010. The highest BCUT2D eigenvalue weighted by molar-refractivity contribution is 6.30. The van der Waals surface area contributed by atoms with Gasteiger partial charge in [-0.1, -0.05) is 80.6 Å². The molecule has 2 nitrogen and oxygen atoms in total. The smallest absolute Gasteiger partial charge is 0.183 e. The molecule has 0 spiro atoms. The summed E-state index contributed by atoms with van der Waals surface area (Å²) in [5.41, 5.74) is 2.84. The van der Waals surface area contributed by atoms with Crippen LogP contribution < -0.4 is 0 Å². The number of rotatable bonds is 9. The third-order valence-corrected chi connectivity index (χ3v) is 6.61. The number of fused-ring (bicyclic) bond motifs is 1. The first-order valence-corrected chi connectivity index (χ1v) is 12.2. The number of halogens is 2. The van der Waals surface area contributed by atoms with Crippen molar-refractivity contribution in [2.45, 2.75) is 58.2 Å². The Labute approximate surface area is 195 Å². The molecule has 1 heterocycles. The first-order valence-electron chi connectivity index (χ1n) is 11.8. The van der Waals surface area contributed by atoms with Gasteiger partial charge in [0.05, 0.1) is 13.2 Å². The molecule has 4 heteroatoms. The van der Waals surface area contributed by atoms with Gasteiger partial charge in [-0.2, -0.15) is 0 Å². The van der Waals surface area contributed by atoms with Crippen molar-refractivity contribution in [3.63, 3.8) is 0 Å². The molecule has 32 heavy (non-hydrogen) atoms. The lowest BCUT2D eigenvalue weighted by molar-refractivity contribution is -0.206. The van der Waals surface area contributed by atoms with Crippen LogP contribution in [-0.4, -0.2) is 13.2 Å². The van der Waals surface area contributed by atoms with Gasteiger partial charge >= 0.3 is 0 Å². The van der Waals surface area contributed by atoms with Crippen LogP contribution in [0.1, 0.15) is 62.0 Å². The Morgan fingerprint density at radius 3 is 2.44 bits per heavy atom. The van der Waals surface area contributed by atoms with Crippen molar-refractivity contribution in [1.82, 2.24) is 0 Å². The molecule has 0 bridgehead atoms. The van der Waals surface area contributed by atoms with E-state index in [4.69, 9.17) is 21.1 Å².